The van der Waals surface area contributed by atoms with Gasteiger partial charge in [-0.25, -0.2) is 0 Å². The number of carbonyl (C=O) groups is 2. The van der Waals surface area contributed by atoms with Gasteiger partial charge in [0.05, 0.1) is 21.3 Å². The van der Waals surface area contributed by atoms with Crippen LogP contribution in [0, 0.1) is 0 Å². The van der Waals surface area contributed by atoms with Crippen LogP contribution in [0.2, 0.25) is 0 Å². The van der Waals surface area contributed by atoms with Crippen LogP contribution in [0.4, 0.5) is 0 Å². The zero-order valence-electron chi connectivity index (χ0n) is 15.0. The fourth-order valence-electron chi connectivity index (χ4n) is 2.54. The molecule has 0 bridgehead atoms. The Morgan fingerprint density at radius 2 is 1.76 bits per heavy atom. The van der Waals surface area contributed by atoms with E-state index in [0.29, 0.717) is 35.1 Å². The van der Waals surface area contributed by atoms with Crippen LogP contribution in [0.25, 0.3) is 0 Å². The summed E-state index contributed by atoms with van der Waals surface area (Å²) in [5, 5.41) is 0. The van der Waals surface area contributed by atoms with Crippen molar-refractivity contribution < 1.29 is 23.8 Å². The van der Waals surface area contributed by atoms with Gasteiger partial charge in [-0.05, 0) is 25.1 Å². The van der Waals surface area contributed by atoms with Crippen LogP contribution >= 0.6 is 0 Å². The number of nitrogens with zero attached hydrogens (tertiary/aromatic N) is 1. The molecule has 7 heteroatoms. The van der Waals surface area contributed by atoms with Crippen molar-refractivity contribution in [3.63, 3.8) is 0 Å². The third-order valence-corrected chi connectivity index (χ3v) is 3.86. The molecule has 7 nitrogen and oxygen atoms in total. The average molecular weight is 346 g/mol. The first-order valence-electron chi connectivity index (χ1n) is 7.65. The topological polar surface area (TPSA) is 80.9 Å². The van der Waals surface area contributed by atoms with Gasteiger partial charge in [0.1, 0.15) is 5.69 Å². The highest BCUT2D eigenvalue weighted by Gasteiger charge is 2.20. The van der Waals surface area contributed by atoms with E-state index in [1.165, 1.54) is 32.2 Å². The SMILES string of the molecule is COc1ccc(CN(C)C(=O)c2cc(C(C)=O)c[nH]2)c(OC)c1OC. The fourth-order valence-corrected chi connectivity index (χ4v) is 2.54. The smallest absolute Gasteiger partial charge is 0.270 e. The van der Waals surface area contributed by atoms with Crippen LogP contribution < -0.4 is 14.2 Å². The highest BCUT2D eigenvalue weighted by molar-refractivity contribution is 5.99. The van der Waals surface area contributed by atoms with Crippen LogP contribution in [0.3, 0.4) is 0 Å². The molecule has 0 saturated heterocycles. The zero-order valence-corrected chi connectivity index (χ0v) is 15.0. The molecule has 25 heavy (non-hydrogen) atoms. The molecule has 0 saturated carbocycles. The number of hydrogen-bond donors (Lipinski definition) is 1. The summed E-state index contributed by atoms with van der Waals surface area (Å²) < 4.78 is 16.1. The fraction of sp³-hybridized carbons (Fsp3) is 0.333. The quantitative estimate of drug-likeness (QED) is 0.779. The Bertz CT molecular complexity index is 782. The maximum Gasteiger partial charge on any atom is 0.270 e. The van der Waals surface area contributed by atoms with Crippen molar-refractivity contribution in [1.29, 1.82) is 0 Å². The minimum Gasteiger partial charge on any atom is -0.493 e. The van der Waals surface area contributed by atoms with Crippen LogP contribution in [0.1, 0.15) is 33.3 Å². The molecule has 1 N–H and O–H groups in total. The van der Waals surface area contributed by atoms with Crippen LogP contribution in [0.5, 0.6) is 17.2 Å². The molecule has 0 aliphatic heterocycles. The molecule has 0 radical (unpaired) electrons. The standard InChI is InChI=1S/C18H22N2O5/c1-11(21)13-8-14(19-9-13)18(22)20(2)10-12-6-7-15(23-3)17(25-5)16(12)24-4/h6-9,19H,10H2,1-5H3. The Morgan fingerprint density at radius 3 is 2.28 bits per heavy atom. The first kappa shape index (κ1) is 18.4. The number of hydrogen-bond acceptors (Lipinski definition) is 5. The van der Waals surface area contributed by atoms with E-state index < -0.39 is 0 Å². The van der Waals surface area contributed by atoms with E-state index >= 15 is 0 Å². The highest BCUT2D eigenvalue weighted by atomic mass is 16.5. The number of nitrogens with one attached hydrogen (secondary N) is 1. The number of carbonyl (C=O) groups excluding carboxylic acids is 2. The molecule has 0 fully saturated rings. The Balaban J connectivity index is 2.25. The van der Waals surface area contributed by atoms with Gasteiger partial charge in [0.25, 0.3) is 5.91 Å². The molecule has 2 aromatic rings. The van der Waals surface area contributed by atoms with E-state index in [1.54, 1.807) is 26.3 Å². The molecule has 0 aliphatic rings. The molecule has 1 amide bonds. The van der Waals surface area contributed by atoms with Crippen molar-refractivity contribution >= 4 is 11.7 Å². The number of methoxy groups -OCH3 is 3. The summed E-state index contributed by atoms with van der Waals surface area (Å²) >= 11 is 0. The van der Waals surface area contributed by atoms with E-state index in [-0.39, 0.29) is 11.7 Å². The van der Waals surface area contributed by atoms with E-state index in [4.69, 9.17) is 14.2 Å². The largest absolute Gasteiger partial charge is 0.493 e. The van der Waals surface area contributed by atoms with Crippen LogP contribution in [-0.2, 0) is 6.54 Å². The van der Waals surface area contributed by atoms with Gasteiger partial charge < -0.3 is 24.1 Å². The lowest BCUT2D eigenvalue weighted by Gasteiger charge is -2.20. The molecule has 0 aliphatic carbocycles. The Kier molecular flexibility index (Phi) is 5.69. The Labute approximate surface area is 146 Å². The number of Topliss-reactive ketones (excluding diaryl/α,β-unsaturated/α-hetero) is 1. The molecule has 1 aromatic carbocycles. The summed E-state index contributed by atoms with van der Waals surface area (Å²) in [7, 11) is 6.28. The number of amides is 1. The number of aromatic nitrogens is 1. The lowest BCUT2D eigenvalue weighted by molar-refractivity contribution is 0.0779. The molecular formula is C18H22N2O5. The van der Waals surface area contributed by atoms with Crippen molar-refractivity contribution in [3.05, 3.63) is 41.2 Å². The van der Waals surface area contributed by atoms with Gasteiger partial charge in [0.2, 0.25) is 5.75 Å². The van der Waals surface area contributed by atoms with Crippen LogP contribution in [0.15, 0.2) is 24.4 Å². The van der Waals surface area contributed by atoms with Gasteiger partial charge in [-0.15, -0.1) is 0 Å². The highest BCUT2D eigenvalue weighted by Crippen LogP contribution is 2.40. The lowest BCUT2D eigenvalue weighted by Crippen LogP contribution is -2.26. The molecule has 2 rings (SSSR count). The van der Waals surface area contributed by atoms with E-state index in [2.05, 4.69) is 4.98 Å². The molecule has 1 heterocycles. The second-order valence-electron chi connectivity index (χ2n) is 5.51. The molecule has 134 valence electrons. The Hall–Kier alpha value is -2.96. The molecule has 0 spiro atoms. The minimum atomic E-state index is -0.232. The number of benzene rings is 1. The third kappa shape index (κ3) is 3.76. The van der Waals surface area contributed by atoms with Crippen molar-refractivity contribution in [3.8, 4) is 17.2 Å². The monoisotopic (exact) mass is 346 g/mol. The van der Waals surface area contributed by atoms with Gasteiger partial charge in [-0.2, -0.15) is 0 Å². The maximum absolute atomic E-state index is 12.5. The van der Waals surface area contributed by atoms with Gasteiger partial charge >= 0.3 is 0 Å². The molecular weight excluding hydrogens is 324 g/mol. The first-order chi connectivity index (χ1) is 11.9. The second-order valence-corrected chi connectivity index (χ2v) is 5.51. The van der Waals surface area contributed by atoms with Crippen molar-refractivity contribution in [2.24, 2.45) is 0 Å². The Morgan fingerprint density at radius 1 is 1.08 bits per heavy atom. The molecule has 0 unspecified atom stereocenters. The van der Waals surface area contributed by atoms with E-state index in [9.17, 15) is 9.59 Å². The third-order valence-electron chi connectivity index (χ3n) is 3.86. The van der Waals surface area contributed by atoms with Gasteiger partial charge in [0, 0.05) is 30.9 Å². The average Bonchev–Trinajstić information content (AvgIpc) is 3.10. The van der Waals surface area contributed by atoms with Crippen LogP contribution in [-0.4, -0.2) is 50.0 Å². The number of rotatable bonds is 7. The minimum absolute atomic E-state index is 0.0977. The van der Waals surface area contributed by atoms with Crippen molar-refractivity contribution in [1.82, 2.24) is 9.88 Å². The summed E-state index contributed by atoms with van der Waals surface area (Å²) in [4.78, 5) is 28.3. The predicted molar refractivity (Wildman–Crippen MR) is 92.7 cm³/mol. The molecule has 0 atom stereocenters. The number of aromatic amines is 1. The van der Waals surface area contributed by atoms with E-state index in [0.717, 1.165) is 5.56 Å². The summed E-state index contributed by atoms with van der Waals surface area (Å²) in [5.74, 6) is 1.20. The maximum atomic E-state index is 12.5. The summed E-state index contributed by atoms with van der Waals surface area (Å²) in [6.07, 6.45) is 1.53. The lowest BCUT2D eigenvalue weighted by atomic mass is 10.1. The van der Waals surface area contributed by atoms with Crippen molar-refractivity contribution in [2.45, 2.75) is 13.5 Å². The first-order valence-corrected chi connectivity index (χ1v) is 7.65. The number of ketones is 1. The van der Waals surface area contributed by atoms with Gasteiger partial charge in [-0.3, -0.25) is 9.59 Å². The predicted octanol–water partition coefficient (Wildman–Crippen LogP) is 2.52. The second kappa shape index (κ2) is 7.74. The van der Waals surface area contributed by atoms with Crippen molar-refractivity contribution in [2.75, 3.05) is 28.4 Å². The zero-order chi connectivity index (χ0) is 18.6. The molecule has 1 aromatic heterocycles. The summed E-state index contributed by atoms with van der Waals surface area (Å²) in [6, 6.07) is 5.13. The summed E-state index contributed by atoms with van der Waals surface area (Å²) in [5.41, 5.74) is 1.60. The number of H-pyrrole nitrogens is 1. The van der Waals surface area contributed by atoms with Gasteiger partial charge in [-0.1, -0.05) is 0 Å². The van der Waals surface area contributed by atoms with Gasteiger partial charge in [0.15, 0.2) is 17.3 Å². The summed E-state index contributed by atoms with van der Waals surface area (Å²) in [6.45, 7) is 1.76. The number of ether oxygens (including phenoxy) is 3. The van der Waals surface area contributed by atoms with E-state index in [1.807, 2.05) is 6.07 Å². The normalized spacial score (nSPS) is 10.3.